The maximum Gasteiger partial charge on any atom is 0.248 e. The molecule has 3 aromatic rings. The standard InChI is InChI=1S/C30H28Cl2F2N4O2/c1-29(2,3)14-23-30(15-35,20-12-9-17(31)13-22(20)33)24(19-5-4-6-21(32)25(19)34)26(38-23)28(40)37-18-10-7-16(8-11-18)27(36)39/h4-13,23-24,26,38H,14H2,1-3H3,(H2,36,39)(H,37,40)/t23-,24-,26+,30-/m1/s1. The van der Waals surface area contributed by atoms with Crippen molar-refractivity contribution in [3.8, 4) is 6.07 Å². The van der Waals surface area contributed by atoms with Crippen molar-refractivity contribution in [3.63, 3.8) is 0 Å². The normalized spacial score (nSPS) is 22.5. The highest BCUT2D eigenvalue weighted by molar-refractivity contribution is 6.31. The van der Waals surface area contributed by atoms with Crippen molar-refractivity contribution in [1.82, 2.24) is 5.32 Å². The van der Waals surface area contributed by atoms with Crippen molar-refractivity contribution in [1.29, 1.82) is 5.26 Å². The molecule has 6 nitrogen and oxygen atoms in total. The Bertz CT molecular complexity index is 1500. The molecule has 40 heavy (non-hydrogen) atoms. The van der Waals surface area contributed by atoms with E-state index in [0.717, 1.165) is 6.07 Å². The van der Waals surface area contributed by atoms with Crippen LogP contribution in [0.15, 0.2) is 60.7 Å². The van der Waals surface area contributed by atoms with Crippen LogP contribution in [-0.2, 0) is 10.2 Å². The van der Waals surface area contributed by atoms with Crippen LogP contribution in [-0.4, -0.2) is 23.9 Å². The predicted octanol–water partition coefficient (Wildman–Crippen LogP) is 6.33. The van der Waals surface area contributed by atoms with Gasteiger partial charge in [-0.25, -0.2) is 8.78 Å². The molecule has 2 amide bonds. The number of nitriles is 1. The molecule has 1 aliphatic rings. The minimum absolute atomic E-state index is 0.00321. The molecule has 10 heteroatoms. The van der Waals surface area contributed by atoms with Gasteiger partial charge in [-0.1, -0.05) is 62.2 Å². The minimum atomic E-state index is -1.73. The second-order valence-corrected chi connectivity index (χ2v) is 12.0. The third-order valence-corrected chi connectivity index (χ3v) is 7.70. The Morgan fingerprint density at radius 2 is 1.77 bits per heavy atom. The van der Waals surface area contributed by atoms with Gasteiger partial charge in [-0.15, -0.1) is 0 Å². The van der Waals surface area contributed by atoms with Crippen molar-refractivity contribution < 1.29 is 18.4 Å². The summed E-state index contributed by atoms with van der Waals surface area (Å²) in [4.78, 5) is 25.3. The Morgan fingerprint density at radius 1 is 1.10 bits per heavy atom. The number of hydrogen-bond donors (Lipinski definition) is 3. The van der Waals surface area contributed by atoms with E-state index in [9.17, 15) is 14.9 Å². The topological polar surface area (TPSA) is 108 Å². The summed E-state index contributed by atoms with van der Waals surface area (Å²) in [6.45, 7) is 5.87. The zero-order valence-electron chi connectivity index (χ0n) is 22.1. The van der Waals surface area contributed by atoms with Crippen molar-refractivity contribution in [3.05, 3.63) is 99.0 Å². The number of hydrogen-bond acceptors (Lipinski definition) is 4. The monoisotopic (exact) mass is 584 g/mol. The maximum absolute atomic E-state index is 15.7. The summed E-state index contributed by atoms with van der Waals surface area (Å²) in [5.41, 5.74) is 3.80. The number of nitrogens with one attached hydrogen (secondary N) is 2. The Balaban J connectivity index is 1.92. The molecule has 4 N–H and O–H groups in total. The lowest BCUT2D eigenvalue weighted by Gasteiger charge is -2.37. The fourth-order valence-electron chi connectivity index (χ4n) is 5.49. The molecule has 0 bridgehead atoms. The number of halogens is 4. The van der Waals surface area contributed by atoms with Crippen LogP contribution >= 0.6 is 23.2 Å². The molecule has 3 aromatic carbocycles. The molecule has 0 saturated carbocycles. The summed E-state index contributed by atoms with van der Waals surface area (Å²) < 4.78 is 31.4. The lowest BCUT2D eigenvalue weighted by molar-refractivity contribution is -0.118. The van der Waals surface area contributed by atoms with Gasteiger partial charge in [-0.3, -0.25) is 9.59 Å². The van der Waals surface area contributed by atoms with Gasteiger partial charge in [0.15, 0.2) is 0 Å². The molecule has 208 valence electrons. The molecular formula is C30H28Cl2F2N4O2. The zero-order chi connectivity index (χ0) is 29.4. The van der Waals surface area contributed by atoms with Crippen LogP contribution in [0.3, 0.4) is 0 Å². The van der Waals surface area contributed by atoms with Crippen molar-refractivity contribution in [2.75, 3.05) is 5.32 Å². The Kier molecular flexibility index (Phi) is 8.23. The van der Waals surface area contributed by atoms with Gasteiger partial charge in [0, 0.05) is 33.8 Å². The van der Waals surface area contributed by atoms with Crippen molar-refractivity contribution in [2.45, 2.75) is 50.6 Å². The Morgan fingerprint density at radius 3 is 2.35 bits per heavy atom. The van der Waals surface area contributed by atoms with Crippen molar-refractivity contribution in [2.24, 2.45) is 11.1 Å². The third kappa shape index (κ3) is 5.55. The fraction of sp³-hybridized carbons (Fsp3) is 0.300. The first-order chi connectivity index (χ1) is 18.8. The Hall–Kier alpha value is -3.51. The van der Waals surface area contributed by atoms with E-state index in [-0.39, 0.29) is 32.2 Å². The Labute approximate surface area is 241 Å². The van der Waals surface area contributed by atoms with E-state index < -0.39 is 46.9 Å². The highest BCUT2D eigenvalue weighted by atomic mass is 35.5. The van der Waals surface area contributed by atoms with E-state index in [1.165, 1.54) is 54.6 Å². The number of anilines is 1. The summed E-state index contributed by atoms with van der Waals surface area (Å²) in [5, 5.41) is 16.8. The van der Waals surface area contributed by atoms with Crippen molar-refractivity contribution >= 4 is 40.7 Å². The lowest BCUT2D eigenvalue weighted by Crippen LogP contribution is -2.45. The van der Waals surface area contributed by atoms with Gasteiger partial charge in [0.1, 0.15) is 17.0 Å². The largest absolute Gasteiger partial charge is 0.366 e. The number of benzene rings is 3. The molecule has 0 spiro atoms. The summed E-state index contributed by atoms with van der Waals surface area (Å²) in [6.07, 6.45) is 0.346. The molecule has 0 aliphatic carbocycles. The molecule has 1 saturated heterocycles. The second-order valence-electron chi connectivity index (χ2n) is 11.1. The zero-order valence-corrected chi connectivity index (χ0v) is 23.6. The van der Waals surface area contributed by atoms with Gasteiger partial charge in [0.25, 0.3) is 0 Å². The number of rotatable bonds is 6. The maximum atomic E-state index is 15.7. The van der Waals surface area contributed by atoms with Crippen LogP contribution in [0.25, 0.3) is 0 Å². The molecule has 0 aromatic heterocycles. The molecule has 4 atom stereocenters. The van der Waals surface area contributed by atoms with Gasteiger partial charge in [-0.2, -0.15) is 5.26 Å². The van der Waals surface area contributed by atoms with E-state index in [2.05, 4.69) is 16.7 Å². The smallest absolute Gasteiger partial charge is 0.248 e. The second kappa shape index (κ2) is 11.2. The minimum Gasteiger partial charge on any atom is -0.366 e. The summed E-state index contributed by atoms with van der Waals surface area (Å²) in [6, 6.07) is 14.6. The first-order valence-corrected chi connectivity index (χ1v) is 13.3. The molecule has 0 unspecified atom stereocenters. The van der Waals surface area contributed by atoms with Gasteiger partial charge in [-0.05, 0) is 59.9 Å². The van der Waals surface area contributed by atoms with Crippen LogP contribution in [0.2, 0.25) is 10.0 Å². The predicted molar refractivity (Wildman–Crippen MR) is 151 cm³/mol. The summed E-state index contributed by atoms with van der Waals surface area (Å²) in [7, 11) is 0. The summed E-state index contributed by atoms with van der Waals surface area (Å²) >= 11 is 12.2. The third-order valence-electron chi connectivity index (χ3n) is 7.17. The number of primary amides is 1. The molecule has 1 fully saturated rings. The van der Waals surface area contributed by atoms with Crippen LogP contribution in [0.4, 0.5) is 14.5 Å². The summed E-state index contributed by atoms with van der Waals surface area (Å²) in [5.74, 6) is -3.94. The molecule has 0 radical (unpaired) electrons. The number of amides is 2. The first kappa shape index (κ1) is 29.5. The molecular weight excluding hydrogens is 557 g/mol. The van der Waals surface area contributed by atoms with E-state index in [1.54, 1.807) is 0 Å². The lowest BCUT2D eigenvalue weighted by atomic mass is 9.62. The van der Waals surface area contributed by atoms with Gasteiger partial charge >= 0.3 is 0 Å². The number of nitrogens with zero attached hydrogens (tertiary/aromatic N) is 1. The molecule has 4 rings (SSSR count). The molecule has 1 aliphatic heterocycles. The van der Waals surface area contributed by atoms with E-state index >= 15 is 8.78 Å². The van der Waals surface area contributed by atoms with Gasteiger partial charge < -0.3 is 16.4 Å². The van der Waals surface area contributed by atoms with E-state index in [0.29, 0.717) is 12.1 Å². The van der Waals surface area contributed by atoms with Crippen LogP contribution in [0, 0.1) is 28.4 Å². The number of carbonyl (C=O) groups is 2. The van der Waals surface area contributed by atoms with E-state index in [1.807, 2.05) is 20.8 Å². The fourth-order valence-corrected chi connectivity index (χ4v) is 5.84. The number of nitrogens with two attached hydrogens (primary N) is 1. The molecule has 1 heterocycles. The van der Waals surface area contributed by atoms with Gasteiger partial charge in [0.2, 0.25) is 11.8 Å². The first-order valence-electron chi connectivity index (χ1n) is 12.6. The van der Waals surface area contributed by atoms with Crippen LogP contribution < -0.4 is 16.4 Å². The number of carbonyl (C=O) groups excluding carboxylic acids is 2. The quantitative estimate of drug-likeness (QED) is 0.314. The average molecular weight is 585 g/mol. The highest BCUT2D eigenvalue weighted by Gasteiger charge is 2.61. The van der Waals surface area contributed by atoms with Crippen LogP contribution in [0.5, 0.6) is 0 Å². The van der Waals surface area contributed by atoms with Crippen LogP contribution in [0.1, 0.15) is 54.6 Å². The van der Waals surface area contributed by atoms with Gasteiger partial charge in [0.05, 0.1) is 17.1 Å². The highest BCUT2D eigenvalue weighted by Crippen LogP contribution is 2.52. The SMILES string of the molecule is CC(C)(C)C[C@H]1N[C@H](C(=O)Nc2ccc(C(N)=O)cc2)[C@@H](c2cccc(Cl)c2F)[C@]1(C#N)c1ccc(Cl)cc1F. The average Bonchev–Trinajstić information content (AvgIpc) is 3.19. The van der Waals surface area contributed by atoms with E-state index in [4.69, 9.17) is 28.9 Å².